The van der Waals surface area contributed by atoms with Crippen molar-refractivity contribution in [3.8, 4) is 11.4 Å². The third-order valence-electron chi connectivity index (χ3n) is 4.87. The Hall–Kier alpha value is -2.22. The molecule has 1 aliphatic carbocycles. The molecule has 0 bridgehead atoms. The number of thioether (sulfide) groups is 1. The smallest absolute Gasteiger partial charge is 0.226 e. The van der Waals surface area contributed by atoms with Gasteiger partial charge in [-0.2, -0.15) is 0 Å². The summed E-state index contributed by atoms with van der Waals surface area (Å²) in [6, 6.07) is 4.38. The van der Waals surface area contributed by atoms with Crippen LogP contribution in [0.3, 0.4) is 0 Å². The second kappa shape index (κ2) is 7.57. The van der Waals surface area contributed by atoms with E-state index in [4.69, 9.17) is 4.42 Å². The molecule has 0 unspecified atom stereocenters. The van der Waals surface area contributed by atoms with Crippen LogP contribution in [-0.4, -0.2) is 29.9 Å². The van der Waals surface area contributed by atoms with E-state index in [-0.39, 0.29) is 0 Å². The van der Waals surface area contributed by atoms with Crippen LogP contribution in [0.5, 0.6) is 0 Å². The highest BCUT2D eigenvalue weighted by atomic mass is 32.2. The quantitative estimate of drug-likeness (QED) is 0.626. The zero-order chi connectivity index (χ0) is 17.9. The van der Waals surface area contributed by atoms with Crippen LogP contribution in [0.2, 0.25) is 0 Å². The van der Waals surface area contributed by atoms with Crippen molar-refractivity contribution in [2.45, 2.75) is 56.5 Å². The van der Waals surface area contributed by atoms with Crippen LogP contribution in [0.15, 0.2) is 34.1 Å². The Labute approximate surface area is 156 Å². The molecule has 1 saturated carbocycles. The van der Waals surface area contributed by atoms with Crippen LogP contribution in [0.25, 0.3) is 11.4 Å². The minimum absolute atomic E-state index is 0.404. The Balaban J connectivity index is 1.67. The van der Waals surface area contributed by atoms with E-state index in [9.17, 15) is 0 Å². The van der Waals surface area contributed by atoms with Gasteiger partial charge in [0.1, 0.15) is 0 Å². The minimum atomic E-state index is 0.404. The molecule has 8 heteroatoms. The summed E-state index contributed by atoms with van der Waals surface area (Å²) in [6.07, 6.45) is 8.56. The predicted molar refractivity (Wildman–Crippen MR) is 98.5 cm³/mol. The van der Waals surface area contributed by atoms with Crippen LogP contribution in [0.4, 0.5) is 0 Å². The lowest BCUT2D eigenvalue weighted by molar-refractivity contribution is 0.247. The van der Waals surface area contributed by atoms with Crippen molar-refractivity contribution in [1.82, 2.24) is 29.9 Å². The van der Waals surface area contributed by atoms with Gasteiger partial charge in [0.05, 0.1) is 5.75 Å². The van der Waals surface area contributed by atoms with Crippen molar-refractivity contribution in [2.24, 2.45) is 5.92 Å². The maximum Gasteiger partial charge on any atom is 0.226 e. The van der Waals surface area contributed by atoms with E-state index < -0.39 is 0 Å². The van der Waals surface area contributed by atoms with Crippen LogP contribution in [-0.2, 0) is 5.75 Å². The first-order chi connectivity index (χ1) is 12.7. The molecular weight excluding hydrogens is 348 g/mol. The van der Waals surface area contributed by atoms with Gasteiger partial charge in [-0.3, -0.25) is 9.55 Å². The van der Waals surface area contributed by atoms with E-state index in [0.29, 0.717) is 29.5 Å². The third kappa shape index (κ3) is 3.51. The second-order valence-electron chi connectivity index (χ2n) is 6.75. The first-order valence-corrected chi connectivity index (χ1v) is 9.98. The van der Waals surface area contributed by atoms with Gasteiger partial charge in [0.2, 0.25) is 11.8 Å². The second-order valence-corrected chi connectivity index (χ2v) is 7.69. The Kier molecular flexibility index (Phi) is 5.01. The number of pyridine rings is 1. The van der Waals surface area contributed by atoms with Crippen molar-refractivity contribution >= 4 is 11.8 Å². The molecule has 2 atom stereocenters. The van der Waals surface area contributed by atoms with Crippen LogP contribution < -0.4 is 0 Å². The van der Waals surface area contributed by atoms with Gasteiger partial charge < -0.3 is 4.42 Å². The highest BCUT2D eigenvalue weighted by molar-refractivity contribution is 7.98. The first kappa shape index (κ1) is 17.2. The van der Waals surface area contributed by atoms with E-state index in [1.165, 1.54) is 19.3 Å². The summed E-state index contributed by atoms with van der Waals surface area (Å²) in [5.74, 6) is 3.27. The normalized spacial score (nSPS) is 20.4. The summed E-state index contributed by atoms with van der Waals surface area (Å²) in [5.41, 5.74) is 0.998. The molecule has 0 spiro atoms. The predicted octanol–water partition coefficient (Wildman–Crippen LogP) is 4.08. The van der Waals surface area contributed by atoms with E-state index >= 15 is 0 Å². The number of nitrogens with zero attached hydrogens (tertiary/aromatic N) is 6. The molecule has 4 rings (SSSR count). The summed E-state index contributed by atoms with van der Waals surface area (Å²) in [7, 11) is 0. The SMILES string of the molecule is Cc1nnc(CSc2nnc(-c3cccnc3)n2[C@@H]2CCCC[C@@H]2C)o1. The van der Waals surface area contributed by atoms with E-state index in [0.717, 1.165) is 23.0 Å². The average Bonchev–Trinajstić information content (AvgIpc) is 3.27. The van der Waals surface area contributed by atoms with Crippen LogP contribution >= 0.6 is 11.8 Å². The van der Waals surface area contributed by atoms with Crippen LogP contribution in [0.1, 0.15) is 50.4 Å². The molecule has 26 heavy (non-hydrogen) atoms. The molecule has 7 nitrogen and oxygen atoms in total. The number of aryl methyl sites for hydroxylation is 1. The number of hydrogen-bond acceptors (Lipinski definition) is 7. The topological polar surface area (TPSA) is 82.5 Å². The monoisotopic (exact) mass is 370 g/mol. The van der Waals surface area contributed by atoms with Gasteiger partial charge in [0, 0.05) is 30.9 Å². The van der Waals surface area contributed by atoms with Crippen molar-refractivity contribution in [1.29, 1.82) is 0 Å². The highest BCUT2D eigenvalue weighted by Gasteiger charge is 2.28. The summed E-state index contributed by atoms with van der Waals surface area (Å²) in [6.45, 7) is 4.13. The molecule has 0 amide bonds. The molecule has 0 aliphatic heterocycles. The lowest BCUT2D eigenvalue weighted by atomic mass is 9.85. The van der Waals surface area contributed by atoms with Gasteiger partial charge >= 0.3 is 0 Å². The largest absolute Gasteiger partial charge is 0.425 e. The molecule has 0 N–H and O–H groups in total. The van der Waals surface area contributed by atoms with Gasteiger partial charge in [-0.1, -0.05) is 31.5 Å². The minimum Gasteiger partial charge on any atom is -0.425 e. The Bertz CT molecular complexity index is 862. The molecule has 136 valence electrons. The lowest BCUT2D eigenvalue weighted by Gasteiger charge is -2.31. The van der Waals surface area contributed by atoms with E-state index in [1.807, 2.05) is 18.3 Å². The zero-order valence-electron chi connectivity index (χ0n) is 15.0. The standard InChI is InChI=1S/C18H22N6OS/c1-12-6-3-4-8-15(12)24-17(14-7-5-9-19-10-14)22-23-18(24)26-11-16-21-20-13(2)25-16/h5,7,9-10,12,15H,3-4,6,8,11H2,1-2H3/t12-,15+/m0/s1. The van der Waals surface area contributed by atoms with Gasteiger partial charge in [-0.05, 0) is 30.9 Å². The molecule has 3 heterocycles. The molecule has 3 aromatic rings. The summed E-state index contributed by atoms with van der Waals surface area (Å²) in [4.78, 5) is 4.25. The van der Waals surface area contributed by atoms with Crippen LogP contribution in [0, 0.1) is 12.8 Å². The molecule has 1 aliphatic rings. The zero-order valence-corrected chi connectivity index (χ0v) is 15.8. The molecule has 0 radical (unpaired) electrons. The fourth-order valence-corrected chi connectivity index (χ4v) is 4.40. The van der Waals surface area contributed by atoms with E-state index in [2.05, 4.69) is 36.9 Å². The molecule has 0 saturated heterocycles. The highest BCUT2D eigenvalue weighted by Crippen LogP contribution is 2.39. The maximum atomic E-state index is 5.49. The molecular formula is C18H22N6OS. The van der Waals surface area contributed by atoms with Gasteiger partial charge in [0.15, 0.2) is 11.0 Å². The summed E-state index contributed by atoms with van der Waals surface area (Å²) < 4.78 is 7.79. The Morgan fingerprint density at radius 3 is 2.81 bits per heavy atom. The molecule has 1 fully saturated rings. The van der Waals surface area contributed by atoms with Gasteiger partial charge in [-0.25, -0.2) is 0 Å². The number of rotatable bonds is 5. The molecule has 3 aromatic heterocycles. The van der Waals surface area contributed by atoms with Crippen molar-refractivity contribution in [2.75, 3.05) is 0 Å². The number of hydrogen-bond donors (Lipinski definition) is 0. The van der Waals surface area contributed by atoms with Crippen molar-refractivity contribution in [3.63, 3.8) is 0 Å². The van der Waals surface area contributed by atoms with Crippen molar-refractivity contribution in [3.05, 3.63) is 36.3 Å². The summed E-state index contributed by atoms with van der Waals surface area (Å²) >= 11 is 1.60. The number of aromatic nitrogens is 6. The Morgan fingerprint density at radius 2 is 2.08 bits per heavy atom. The van der Waals surface area contributed by atoms with E-state index in [1.54, 1.807) is 24.9 Å². The Morgan fingerprint density at radius 1 is 1.19 bits per heavy atom. The lowest BCUT2D eigenvalue weighted by Crippen LogP contribution is -2.22. The van der Waals surface area contributed by atoms with Crippen molar-refractivity contribution < 1.29 is 4.42 Å². The third-order valence-corrected chi connectivity index (χ3v) is 5.80. The summed E-state index contributed by atoms with van der Waals surface area (Å²) in [5, 5.41) is 17.9. The van der Waals surface area contributed by atoms with Gasteiger partial charge in [0.25, 0.3) is 0 Å². The molecule has 0 aromatic carbocycles. The fraction of sp³-hybridized carbons (Fsp3) is 0.500. The average molecular weight is 370 g/mol. The maximum absolute atomic E-state index is 5.49. The fourth-order valence-electron chi connectivity index (χ4n) is 3.57. The first-order valence-electron chi connectivity index (χ1n) is 8.99. The van der Waals surface area contributed by atoms with Gasteiger partial charge in [-0.15, -0.1) is 20.4 Å².